The van der Waals surface area contributed by atoms with E-state index in [9.17, 15) is 10.3 Å². The topological polar surface area (TPSA) is 65.0 Å². The molecule has 0 fully saturated rings. The number of aromatic nitrogens is 3. The Morgan fingerprint density at radius 3 is 2.50 bits per heavy atom. The van der Waals surface area contributed by atoms with Crippen LogP contribution in [0.2, 0.25) is 0 Å². The molecule has 0 saturated carbocycles. The molecule has 1 heterocycles. The maximum atomic E-state index is 12.5. The summed E-state index contributed by atoms with van der Waals surface area (Å²) in [7, 11) is 0. The largest absolute Gasteiger partial charge is 0.692 e. The minimum atomic E-state index is -0.231. The van der Waals surface area contributed by atoms with Crippen molar-refractivity contribution in [3.8, 4) is 11.4 Å². The van der Waals surface area contributed by atoms with Crippen molar-refractivity contribution in [3.05, 3.63) is 52.7 Å². The highest BCUT2D eigenvalue weighted by atomic mass is 16.5. The van der Waals surface area contributed by atoms with Gasteiger partial charge in [0.25, 0.3) is 0 Å². The molecule has 0 saturated heterocycles. The first kappa shape index (κ1) is 14.4. The molecule has 0 aliphatic rings. The fourth-order valence-corrected chi connectivity index (χ4v) is 2.59. The SMILES string of the molecule is Cc1cc(-n2nc3ccccc3[n+]2[O-])c(O)c(C(C)(C)C)c1. The molecule has 3 aromatic rings. The fraction of sp³-hybridized carbons (Fsp3) is 0.294. The summed E-state index contributed by atoms with van der Waals surface area (Å²) in [6.07, 6.45) is 0. The van der Waals surface area contributed by atoms with Crippen molar-refractivity contribution in [3.63, 3.8) is 0 Å². The molecule has 1 aromatic heterocycles. The smallest absolute Gasteiger partial charge is 0.250 e. The molecule has 0 aliphatic carbocycles. The van der Waals surface area contributed by atoms with Gasteiger partial charge in [0.2, 0.25) is 11.0 Å². The lowest BCUT2D eigenvalue weighted by molar-refractivity contribution is -0.664. The number of aromatic hydroxyl groups is 1. The van der Waals surface area contributed by atoms with Gasteiger partial charge in [-0.1, -0.05) is 39.0 Å². The number of phenols is 1. The number of rotatable bonds is 1. The van der Waals surface area contributed by atoms with E-state index in [0.29, 0.717) is 21.6 Å². The molecule has 0 unspecified atom stereocenters. The third-order valence-corrected chi connectivity index (χ3v) is 3.72. The van der Waals surface area contributed by atoms with E-state index >= 15 is 0 Å². The van der Waals surface area contributed by atoms with E-state index in [1.165, 1.54) is 4.80 Å². The predicted molar refractivity (Wildman–Crippen MR) is 85.1 cm³/mol. The summed E-state index contributed by atoms with van der Waals surface area (Å²) in [5.74, 6) is 0.0931. The Labute approximate surface area is 129 Å². The lowest BCUT2D eigenvalue weighted by Gasteiger charge is -2.22. The van der Waals surface area contributed by atoms with Gasteiger partial charge in [0.1, 0.15) is 0 Å². The Morgan fingerprint density at radius 2 is 1.86 bits per heavy atom. The summed E-state index contributed by atoms with van der Waals surface area (Å²) < 4.78 is 0. The zero-order valence-electron chi connectivity index (χ0n) is 13.2. The van der Waals surface area contributed by atoms with Crippen molar-refractivity contribution in [2.45, 2.75) is 33.1 Å². The maximum Gasteiger partial charge on any atom is 0.250 e. The zero-order valence-corrected chi connectivity index (χ0v) is 13.2. The van der Waals surface area contributed by atoms with Crippen LogP contribution in [0.3, 0.4) is 0 Å². The number of aryl methyl sites for hydroxylation is 1. The van der Waals surface area contributed by atoms with E-state index in [2.05, 4.69) is 5.10 Å². The highest BCUT2D eigenvalue weighted by Gasteiger charge is 2.25. The van der Waals surface area contributed by atoms with Crippen LogP contribution < -0.4 is 4.85 Å². The summed E-state index contributed by atoms with van der Waals surface area (Å²) in [5, 5.41) is 27.4. The summed E-state index contributed by atoms with van der Waals surface area (Å²) >= 11 is 0. The van der Waals surface area contributed by atoms with Crippen molar-refractivity contribution < 1.29 is 9.95 Å². The minimum absolute atomic E-state index is 0.0931. The average molecular weight is 297 g/mol. The Kier molecular flexibility index (Phi) is 3.09. The van der Waals surface area contributed by atoms with Crippen molar-refractivity contribution in [1.82, 2.24) is 9.90 Å². The number of hydrogen-bond acceptors (Lipinski definition) is 3. The predicted octanol–water partition coefficient (Wildman–Crippen LogP) is 2.97. The summed E-state index contributed by atoms with van der Waals surface area (Å²) in [6, 6.07) is 10.8. The Hall–Kier alpha value is -2.56. The highest BCUT2D eigenvalue weighted by molar-refractivity contribution is 5.70. The number of para-hydroxylation sites is 1. The van der Waals surface area contributed by atoms with Gasteiger partial charge < -0.3 is 10.3 Å². The molecule has 5 heteroatoms. The van der Waals surface area contributed by atoms with Gasteiger partial charge in [-0.2, -0.15) is 0 Å². The third-order valence-electron chi connectivity index (χ3n) is 3.72. The van der Waals surface area contributed by atoms with Crippen LogP contribution in [0.1, 0.15) is 31.9 Å². The van der Waals surface area contributed by atoms with E-state index < -0.39 is 0 Å². The summed E-state index contributed by atoms with van der Waals surface area (Å²) in [6.45, 7) is 8.01. The highest BCUT2D eigenvalue weighted by Crippen LogP contribution is 2.35. The summed E-state index contributed by atoms with van der Waals surface area (Å²) in [5.41, 5.74) is 3.00. The Morgan fingerprint density at radius 1 is 1.18 bits per heavy atom. The van der Waals surface area contributed by atoms with Crippen LogP contribution in [0.5, 0.6) is 5.75 Å². The van der Waals surface area contributed by atoms with Gasteiger partial charge >= 0.3 is 0 Å². The van der Waals surface area contributed by atoms with E-state index in [1.807, 2.05) is 39.8 Å². The number of fused-ring (bicyclic) bond motifs is 1. The van der Waals surface area contributed by atoms with Crippen molar-refractivity contribution in [2.75, 3.05) is 0 Å². The van der Waals surface area contributed by atoms with Gasteiger partial charge in [-0.15, -0.1) is 4.85 Å². The summed E-state index contributed by atoms with van der Waals surface area (Å²) in [4.78, 5) is 1.92. The zero-order chi connectivity index (χ0) is 16.1. The van der Waals surface area contributed by atoms with Gasteiger partial charge in [-0.05, 0) is 40.9 Å². The Bertz CT molecular complexity index is 860. The Balaban J connectivity index is 2.31. The second-order valence-corrected chi connectivity index (χ2v) is 6.58. The molecule has 0 spiro atoms. The van der Waals surface area contributed by atoms with Crippen LogP contribution in [-0.2, 0) is 5.41 Å². The number of nitrogens with zero attached hydrogens (tertiary/aromatic N) is 3. The number of hydrogen-bond donors (Lipinski definition) is 1. The molecule has 5 nitrogen and oxygen atoms in total. The lowest BCUT2D eigenvalue weighted by Crippen LogP contribution is -2.37. The molecule has 0 radical (unpaired) electrons. The van der Waals surface area contributed by atoms with Crippen LogP contribution >= 0.6 is 0 Å². The molecule has 114 valence electrons. The first-order valence-corrected chi connectivity index (χ1v) is 7.21. The first-order valence-electron chi connectivity index (χ1n) is 7.21. The molecule has 2 aromatic carbocycles. The van der Waals surface area contributed by atoms with Crippen molar-refractivity contribution in [2.24, 2.45) is 0 Å². The minimum Gasteiger partial charge on any atom is -0.692 e. The molecule has 0 atom stereocenters. The van der Waals surface area contributed by atoms with Crippen molar-refractivity contribution >= 4 is 11.0 Å². The monoisotopic (exact) mass is 297 g/mol. The van der Waals surface area contributed by atoms with Crippen LogP contribution in [0.4, 0.5) is 0 Å². The van der Waals surface area contributed by atoms with Gasteiger partial charge in [0, 0.05) is 5.56 Å². The second-order valence-electron chi connectivity index (χ2n) is 6.58. The third kappa shape index (κ3) is 2.19. The van der Waals surface area contributed by atoms with Gasteiger partial charge in [-0.25, -0.2) is 0 Å². The van der Waals surface area contributed by atoms with Gasteiger partial charge in [0.05, 0.1) is 5.10 Å². The second kappa shape index (κ2) is 4.73. The molecule has 0 bridgehead atoms. The van der Waals surface area contributed by atoms with Crippen LogP contribution in [0, 0.1) is 12.1 Å². The van der Waals surface area contributed by atoms with E-state index in [-0.39, 0.29) is 11.2 Å². The molecule has 0 aliphatic heterocycles. The van der Waals surface area contributed by atoms with Crippen molar-refractivity contribution in [1.29, 1.82) is 0 Å². The number of phenolic OH excluding ortho intramolecular Hbond substituents is 1. The molecule has 22 heavy (non-hydrogen) atoms. The standard InChI is InChI=1S/C17H19N3O2/c1-11-9-12(17(2,3)4)16(21)15(10-11)19-18-13-7-5-6-8-14(13)20(19)22/h5-10,21H,1-4H3. The molecular formula is C17H19N3O2. The molecule has 3 rings (SSSR count). The number of benzene rings is 2. The van der Waals surface area contributed by atoms with Crippen LogP contribution in [0.15, 0.2) is 36.4 Å². The van der Waals surface area contributed by atoms with Gasteiger partial charge in [0.15, 0.2) is 11.4 Å². The van der Waals surface area contributed by atoms with E-state index in [4.69, 9.17) is 0 Å². The molecular weight excluding hydrogens is 278 g/mol. The van der Waals surface area contributed by atoms with Crippen LogP contribution in [-0.4, -0.2) is 15.0 Å². The average Bonchev–Trinajstić information content (AvgIpc) is 2.78. The maximum absolute atomic E-state index is 12.5. The lowest BCUT2D eigenvalue weighted by atomic mass is 9.85. The molecule has 1 N–H and O–H groups in total. The van der Waals surface area contributed by atoms with E-state index in [1.54, 1.807) is 24.3 Å². The van der Waals surface area contributed by atoms with E-state index in [0.717, 1.165) is 11.1 Å². The first-order chi connectivity index (χ1) is 10.3. The normalized spacial score (nSPS) is 12.0. The van der Waals surface area contributed by atoms with Gasteiger partial charge in [-0.3, -0.25) is 0 Å². The fourth-order valence-electron chi connectivity index (χ4n) is 2.59. The quantitative estimate of drug-likeness (QED) is 0.555. The molecule has 0 amide bonds. The van der Waals surface area contributed by atoms with Crippen LogP contribution in [0.25, 0.3) is 16.7 Å².